The molecule has 1 aliphatic heterocycles. The van der Waals surface area contributed by atoms with Gasteiger partial charge in [0.2, 0.25) is 0 Å². The molecule has 3 nitrogen and oxygen atoms in total. The van der Waals surface area contributed by atoms with Crippen LogP contribution in [-0.4, -0.2) is 44.0 Å². The van der Waals surface area contributed by atoms with E-state index < -0.39 is 0 Å². The third-order valence-electron chi connectivity index (χ3n) is 2.40. The Hall–Kier alpha value is -0.410. The molecule has 1 saturated heterocycles. The fourth-order valence-corrected chi connectivity index (χ4v) is 1.56. The van der Waals surface area contributed by atoms with E-state index in [9.17, 15) is 4.79 Å². The van der Waals surface area contributed by atoms with E-state index in [-0.39, 0.29) is 0 Å². The number of hydrogen-bond donors (Lipinski definition) is 0. The summed E-state index contributed by atoms with van der Waals surface area (Å²) in [4.78, 5) is 12.5. The molecule has 1 aliphatic rings. The monoisotopic (exact) mass is 185 g/mol. The first-order valence-electron chi connectivity index (χ1n) is 5.17. The van der Waals surface area contributed by atoms with E-state index in [2.05, 4.69) is 4.90 Å². The van der Waals surface area contributed by atoms with Crippen molar-refractivity contribution in [3.05, 3.63) is 0 Å². The highest BCUT2D eigenvalue weighted by Crippen LogP contribution is 2.02. The molecule has 1 rings (SSSR count). The first kappa shape index (κ1) is 10.7. The molecule has 0 saturated carbocycles. The van der Waals surface area contributed by atoms with Crippen molar-refractivity contribution < 1.29 is 9.53 Å². The molecule has 0 atom stereocenters. The molecule has 0 aromatic rings. The van der Waals surface area contributed by atoms with Gasteiger partial charge in [0, 0.05) is 19.5 Å². The van der Waals surface area contributed by atoms with E-state index in [1.54, 1.807) is 0 Å². The average Bonchev–Trinajstić information content (AvgIpc) is 2.19. The summed E-state index contributed by atoms with van der Waals surface area (Å²) in [5.41, 5.74) is 0. The lowest BCUT2D eigenvalue weighted by atomic mass is 10.2. The van der Waals surface area contributed by atoms with Crippen LogP contribution >= 0.6 is 0 Å². The summed E-state index contributed by atoms with van der Waals surface area (Å²) < 4.78 is 5.26. The normalized spacial score (nSPS) is 18.8. The van der Waals surface area contributed by atoms with Crippen LogP contribution in [0, 0.1) is 0 Å². The Kier molecular flexibility index (Phi) is 5.78. The molecule has 76 valence electrons. The molecule has 13 heavy (non-hydrogen) atoms. The summed E-state index contributed by atoms with van der Waals surface area (Å²) in [7, 11) is 0. The zero-order valence-electron chi connectivity index (χ0n) is 8.21. The Morgan fingerprint density at radius 3 is 2.62 bits per heavy atom. The predicted molar refractivity (Wildman–Crippen MR) is 51.8 cm³/mol. The molecule has 1 fully saturated rings. The summed E-state index contributed by atoms with van der Waals surface area (Å²) in [5.74, 6) is 0. The van der Waals surface area contributed by atoms with Crippen molar-refractivity contribution in [3.63, 3.8) is 0 Å². The molecule has 1 heterocycles. The highest BCUT2D eigenvalue weighted by molar-refractivity contribution is 5.48. The number of hydrogen-bond acceptors (Lipinski definition) is 3. The number of carbonyl (C=O) groups excluding carboxylic acids is 1. The summed E-state index contributed by atoms with van der Waals surface area (Å²) >= 11 is 0. The van der Waals surface area contributed by atoms with Crippen molar-refractivity contribution in [2.45, 2.75) is 25.7 Å². The van der Waals surface area contributed by atoms with Crippen LogP contribution in [0.2, 0.25) is 0 Å². The van der Waals surface area contributed by atoms with Gasteiger partial charge in [0.05, 0.1) is 13.2 Å². The van der Waals surface area contributed by atoms with Gasteiger partial charge in [0.25, 0.3) is 0 Å². The Balaban J connectivity index is 1.89. The van der Waals surface area contributed by atoms with E-state index in [4.69, 9.17) is 4.74 Å². The second-order valence-electron chi connectivity index (χ2n) is 3.47. The molecule has 0 radical (unpaired) electrons. The minimum atomic E-state index is 0.725. The molecule has 0 aliphatic carbocycles. The van der Waals surface area contributed by atoms with Gasteiger partial charge in [-0.1, -0.05) is 6.42 Å². The number of ether oxygens (including phenoxy) is 1. The van der Waals surface area contributed by atoms with Crippen LogP contribution in [0.4, 0.5) is 0 Å². The fraction of sp³-hybridized carbons (Fsp3) is 0.900. The van der Waals surface area contributed by atoms with Crippen LogP contribution < -0.4 is 0 Å². The number of unbranched alkanes of at least 4 members (excludes halogenated alkanes) is 3. The van der Waals surface area contributed by atoms with E-state index in [0.717, 1.165) is 45.4 Å². The quantitative estimate of drug-likeness (QED) is 0.458. The third kappa shape index (κ3) is 5.01. The van der Waals surface area contributed by atoms with Gasteiger partial charge in [0.1, 0.15) is 6.29 Å². The van der Waals surface area contributed by atoms with E-state index >= 15 is 0 Å². The van der Waals surface area contributed by atoms with Crippen LogP contribution in [0.15, 0.2) is 0 Å². The van der Waals surface area contributed by atoms with Crippen LogP contribution in [0.25, 0.3) is 0 Å². The lowest BCUT2D eigenvalue weighted by Gasteiger charge is -2.26. The van der Waals surface area contributed by atoms with Gasteiger partial charge in [-0.2, -0.15) is 0 Å². The van der Waals surface area contributed by atoms with Gasteiger partial charge in [-0.25, -0.2) is 0 Å². The fourth-order valence-electron chi connectivity index (χ4n) is 1.56. The number of morpholine rings is 1. The van der Waals surface area contributed by atoms with E-state index in [0.29, 0.717) is 0 Å². The number of carbonyl (C=O) groups is 1. The summed E-state index contributed by atoms with van der Waals surface area (Å²) in [6, 6.07) is 0. The SMILES string of the molecule is O=CCCCCCN1CCOCC1. The third-order valence-corrected chi connectivity index (χ3v) is 2.40. The highest BCUT2D eigenvalue weighted by atomic mass is 16.5. The van der Waals surface area contributed by atoms with Crippen LogP contribution in [-0.2, 0) is 9.53 Å². The standard InChI is InChI=1S/C10H19NO2/c12-8-4-2-1-3-5-11-6-9-13-10-7-11/h8H,1-7,9-10H2. The lowest BCUT2D eigenvalue weighted by Crippen LogP contribution is -2.36. The largest absolute Gasteiger partial charge is 0.379 e. The van der Waals surface area contributed by atoms with Gasteiger partial charge in [-0.15, -0.1) is 0 Å². The van der Waals surface area contributed by atoms with Gasteiger partial charge < -0.3 is 9.53 Å². The molecule has 3 heteroatoms. The van der Waals surface area contributed by atoms with Gasteiger partial charge in [-0.05, 0) is 19.4 Å². The molecular weight excluding hydrogens is 166 g/mol. The van der Waals surface area contributed by atoms with Crippen molar-refractivity contribution in [3.8, 4) is 0 Å². The minimum absolute atomic E-state index is 0.725. The summed E-state index contributed by atoms with van der Waals surface area (Å²) in [5, 5.41) is 0. The second-order valence-corrected chi connectivity index (χ2v) is 3.47. The first-order valence-corrected chi connectivity index (χ1v) is 5.17. The van der Waals surface area contributed by atoms with Gasteiger partial charge in [-0.3, -0.25) is 4.90 Å². The molecule has 0 amide bonds. The lowest BCUT2D eigenvalue weighted by molar-refractivity contribution is -0.107. The minimum Gasteiger partial charge on any atom is -0.379 e. The summed E-state index contributed by atoms with van der Waals surface area (Å²) in [6.45, 7) is 5.09. The summed E-state index contributed by atoms with van der Waals surface area (Å²) in [6.07, 6.45) is 5.18. The highest BCUT2D eigenvalue weighted by Gasteiger charge is 2.08. The smallest absolute Gasteiger partial charge is 0.119 e. The topological polar surface area (TPSA) is 29.5 Å². The van der Waals surface area contributed by atoms with E-state index in [1.165, 1.54) is 19.4 Å². The first-order chi connectivity index (χ1) is 6.43. The van der Waals surface area contributed by atoms with Crippen molar-refractivity contribution in [2.24, 2.45) is 0 Å². The van der Waals surface area contributed by atoms with Crippen molar-refractivity contribution >= 4 is 6.29 Å². The van der Waals surface area contributed by atoms with Crippen LogP contribution in [0.1, 0.15) is 25.7 Å². The number of aldehydes is 1. The predicted octanol–water partition coefficient (Wildman–Crippen LogP) is 1.08. The maximum Gasteiger partial charge on any atom is 0.119 e. The van der Waals surface area contributed by atoms with Crippen LogP contribution in [0.5, 0.6) is 0 Å². The molecule has 0 aromatic heterocycles. The second kappa shape index (κ2) is 7.04. The molecule has 0 spiro atoms. The zero-order chi connectivity index (χ0) is 9.36. The zero-order valence-corrected chi connectivity index (χ0v) is 8.21. The Labute approximate surface area is 80.1 Å². The van der Waals surface area contributed by atoms with Gasteiger partial charge >= 0.3 is 0 Å². The number of nitrogens with zero attached hydrogens (tertiary/aromatic N) is 1. The van der Waals surface area contributed by atoms with Crippen molar-refractivity contribution in [1.29, 1.82) is 0 Å². The Morgan fingerprint density at radius 1 is 1.15 bits per heavy atom. The van der Waals surface area contributed by atoms with Crippen LogP contribution in [0.3, 0.4) is 0 Å². The van der Waals surface area contributed by atoms with Crippen molar-refractivity contribution in [1.82, 2.24) is 4.90 Å². The molecule has 0 unspecified atom stereocenters. The average molecular weight is 185 g/mol. The van der Waals surface area contributed by atoms with Crippen molar-refractivity contribution in [2.75, 3.05) is 32.8 Å². The molecular formula is C10H19NO2. The molecule has 0 N–H and O–H groups in total. The van der Waals surface area contributed by atoms with E-state index in [1.807, 2.05) is 0 Å². The Morgan fingerprint density at radius 2 is 1.92 bits per heavy atom. The number of rotatable bonds is 6. The maximum atomic E-state index is 10.0. The molecule has 0 aromatic carbocycles. The van der Waals surface area contributed by atoms with Gasteiger partial charge in [0.15, 0.2) is 0 Å². The molecule has 0 bridgehead atoms. The Bertz CT molecular complexity index is 133. The maximum absolute atomic E-state index is 10.0.